The van der Waals surface area contributed by atoms with Crippen molar-refractivity contribution in [3.8, 4) is 0 Å². The van der Waals surface area contributed by atoms with Gasteiger partial charge in [0.1, 0.15) is 0 Å². The molecule has 0 fully saturated rings. The van der Waals surface area contributed by atoms with Crippen molar-refractivity contribution in [3.05, 3.63) is 94.1 Å². The molecule has 0 amide bonds. The zero-order valence-corrected chi connectivity index (χ0v) is 24.2. The Bertz CT molecular complexity index is 1130. The van der Waals surface area contributed by atoms with Crippen LogP contribution in [0.2, 0.25) is 0 Å². The highest BCUT2D eigenvalue weighted by molar-refractivity contribution is 5.36. The summed E-state index contributed by atoms with van der Waals surface area (Å²) >= 11 is 0. The van der Waals surface area contributed by atoms with Gasteiger partial charge in [-0.15, -0.1) is 0 Å². The summed E-state index contributed by atoms with van der Waals surface area (Å²) in [4.78, 5) is 20.0. The van der Waals surface area contributed by atoms with Gasteiger partial charge >= 0.3 is 0 Å². The molecule has 4 N–H and O–H groups in total. The number of aromatic nitrogens is 4. The lowest BCUT2D eigenvalue weighted by Crippen LogP contribution is -2.28. The average Bonchev–Trinajstić information content (AvgIpc) is 3.71. The average molecular weight is 515 g/mol. The lowest BCUT2D eigenvalue weighted by atomic mass is 9.76. The fourth-order valence-corrected chi connectivity index (χ4v) is 6.84. The Hall–Kier alpha value is -2.96. The molecule has 0 saturated carbocycles. The van der Waals surface area contributed by atoms with Gasteiger partial charge in [0, 0.05) is 82.6 Å². The lowest BCUT2D eigenvalue weighted by Gasteiger charge is -2.31. The number of rotatable bonds is 4. The molecule has 0 aliphatic carbocycles. The summed E-state index contributed by atoms with van der Waals surface area (Å²) in [5.41, 5.74) is 10.2. The van der Waals surface area contributed by atoms with Gasteiger partial charge in [-0.3, -0.25) is 9.80 Å². The molecule has 0 atom stereocenters. The van der Waals surface area contributed by atoms with Crippen molar-refractivity contribution in [1.82, 2.24) is 29.7 Å². The monoisotopic (exact) mass is 514 g/mol. The van der Waals surface area contributed by atoms with Gasteiger partial charge in [0.25, 0.3) is 0 Å². The molecule has 0 spiro atoms. The van der Waals surface area contributed by atoms with E-state index in [2.05, 4.69) is 120 Å². The molecule has 1 aliphatic heterocycles. The molecule has 0 aromatic carbocycles. The Kier molecular flexibility index (Phi) is 7.47. The second-order valence-electron chi connectivity index (χ2n) is 11.5. The van der Waals surface area contributed by atoms with Crippen LogP contribution in [0.3, 0.4) is 0 Å². The highest BCUT2D eigenvalue weighted by atomic mass is 15.1. The number of nitrogens with zero attached hydrogens (tertiary/aromatic N) is 2. The van der Waals surface area contributed by atoms with Gasteiger partial charge in [-0.25, -0.2) is 0 Å². The minimum atomic E-state index is -0.0408. The molecule has 0 saturated heterocycles. The summed E-state index contributed by atoms with van der Waals surface area (Å²) in [6.07, 6.45) is 4.18. The van der Waals surface area contributed by atoms with E-state index in [1.165, 1.54) is 45.6 Å². The van der Waals surface area contributed by atoms with Crippen molar-refractivity contribution >= 4 is 0 Å². The second kappa shape index (κ2) is 10.7. The summed E-state index contributed by atoms with van der Waals surface area (Å²) in [7, 11) is 4.41. The molecule has 8 bridgehead atoms. The predicted molar refractivity (Wildman–Crippen MR) is 156 cm³/mol. The zero-order valence-electron chi connectivity index (χ0n) is 24.2. The summed E-state index contributed by atoms with van der Waals surface area (Å²) in [5, 5.41) is 0. The van der Waals surface area contributed by atoms with E-state index in [9.17, 15) is 0 Å². The maximum Gasteiger partial charge on any atom is 0.0498 e. The molecule has 38 heavy (non-hydrogen) atoms. The first-order valence-electron chi connectivity index (χ1n) is 14.5. The third-order valence-electron chi connectivity index (χ3n) is 9.22. The Morgan fingerprint density at radius 2 is 0.711 bits per heavy atom. The van der Waals surface area contributed by atoms with E-state index in [1.807, 2.05) is 0 Å². The van der Waals surface area contributed by atoms with Crippen molar-refractivity contribution in [2.24, 2.45) is 0 Å². The molecule has 204 valence electrons. The van der Waals surface area contributed by atoms with Crippen LogP contribution in [-0.4, -0.2) is 43.8 Å². The highest BCUT2D eigenvalue weighted by Crippen LogP contribution is 2.39. The molecule has 4 aromatic rings. The Morgan fingerprint density at radius 1 is 0.474 bits per heavy atom. The van der Waals surface area contributed by atoms with Crippen molar-refractivity contribution in [3.63, 3.8) is 0 Å². The number of nitrogens with one attached hydrogen (secondary N) is 4. The van der Waals surface area contributed by atoms with Crippen molar-refractivity contribution in [1.29, 1.82) is 0 Å². The number of H-pyrrole nitrogens is 4. The van der Waals surface area contributed by atoms with Gasteiger partial charge in [-0.1, -0.05) is 27.7 Å². The van der Waals surface area contributed by atoms with Gasteiger partial charge in [0.15, 0.2) is 0 Å². The van der Waals surface area contributed by atoms with E-state index in [1.54, 1.807) is 0 Å². The molecule has 6 nitrogen and oxygen atoms in total. The normalized spacial score (nSPS) is 18.5. The van der Waals surface area contributed by atoms with E-state index >= 15 is 0 Å². The zero-order chi connectivity index (χ0) is 26.9. The molecule has 4 aromatic heterocycles. The molecule has 0 unspecified atom stereocenters. The summed E-state index contributed by atoms with van der Waals surface area (Å²) < 4.78 is 0. The first-order valence-corrected chi connectivity index (χ1v) is 14.5. The first kappa shape index (κ1) is 26.6. The minimum absolute atomic E-state index is 0.0408. The Labute approximate surface area is 228 Å². The maximum atomic E-state index is 3.81. The van der Waals surface area contributed by atoms with Gasteiger partial charge in [-0.2, -0.15) is 0 Å². The molecule has 5 rings (SSSR count). The SMILES string of the molecule is CCC1(CC)c2ccc([nH]2)CN(C)Cc2ccc([nH]2)C(CC)(CC)c2ccc([nH]2)CN(C)Cc2ccc1[nH]2. The molecule has 5 heterocycles. The number of hydrogen-bond acceptors (Lipinski definition) is 2. The third-order valence-corrected chi connectivity index (χ3v) is 9.22. The standard InChI is InChI=1S/C32H46N6/c1-7-31(8-2)27-15-11-23(33-27)19-37(5)21-25-13-17-29(35-25)32(9-3,10-4)30-18-14-26(36-30)22-38(6)20-24-12-16-28(31)34-24/h11-18,33-36H,7-10,19-22H2,1-6H3. The number of aromatic amines is 4. The molecule has 0 radical (unpaired) electrons. The van der Waals surface area contributed by atoms with Crippen molar-refractivity contribution in [2.75, 3.05) is 14.1 Å². The van der Waals surface area contributed by atoms with Crippen LogP contribution >= 0.6 is 0 Å². The minimum Gasteiger partial charge on any atom is -0.360 e. The van der Waals surface area contributed by atoms with E-state index in [4.69, 9.17) is 0 Å². The van der Waals surface area contributed by atoms with Crippen LogP contribution in [0, 0.1) is 0 Å². The van der Waals surface area contributed by atoms with Crippen LogP contribution in [-0.2, 0) is 37.0 Å². The van der Waals surface area contributed by atoms with E-state index in [0.717, 1.165) is 51.9 Å². The third kappa shape index (κ3) is 4.69. The summed E-state index contributed by atoms with van der Waals surface area (Å²) in [5.74, 6) is 0. The van der Waals surface area contributed by atoms with Crippen LogP contribution in [0.5, 0.6) is 0 Å². The summed E-state index contributed by atoms with van der Waals surface area (Å²) in [6.45, 7) is 12.7. The van der Waals surface area contributed by atoms with E-state index < -0.39 is 0 Å². The van der Waals surface area contributed by atoms with Gasteiger partial charge in [0.05, 0.1) is 0 Å². The van der Waals surface area contributed by atoms with Crippen molar-refractivity contribution < 1.29 is 0 Å². The number of hydrogen-bond donors (Lipinski definition) is 4. The van der Waals surface area contributed by atoms with Crippen LogP contribution in [0.4, 0.5) is 0 Å². The quantitative estimate of drug-likeness (QED) is 0.242. The van der Waals surface area contributed by atoms with Gasteiger partial charge < -0.3 is 19.9 Å². The van der Waals surface area contributed by atoms with Crippen LogP contribution < -0.4 is 0 Å². The fourth-order valence-electron chi connectivity index (χ4n) is 6.84. The fraction of sp³-hybridized carbons (Fsp3) is 0.500. The Balaban J connectivity index is 1.55. The lowest BCUT2D eigenvalue weighted by molar-refractivity contribution is 0.309. The Morgan fingerprint density at radius 3 is 0.921 bits per heavy atom. The van der Waals surface area contributed by atoms with Crippen molar-refractivity contribution in [2.45, 2.75) is 90.4 Å². The smallest absolute Gasteiger partial charge is 0.0498 e. The maximum absolute atomic E-state index is 3.81. The second-order valence-corrected chi connectivity index (χ2v) is 11.5. The largest absolute Gasteiger partial charge is 0.360 e. The van der Waals surface area contributed by atoms with Crippen LogP contribution in [0.1, 0.15) is 98.9 Å². The van der Waals surface area contributed by atoms with Gasteiger partial charge in [0.2, 0.25) is 0 Å². The predicted octanol–water partition coefficient (Wildman–Crippen LogP) is 6.79. The molecular formula is C32H46N6. The van der Waals surface area contributed by atoms with Crippen LogP contribution in [0.15, 0.2) is 48.5 Å². The topological polar surface area (TPSA) is 69.6 Å². The molecule has 1 aliphatic rings. The molecule has 6 heteroatoms. The van der Waals surface area contributed by atoms with E-state index in [0.29, 0.717) is 0 Å². The van der Waals surface area contributed by atoms with Gasteiger partial charge in [-0.05, 0) is 88.3 Å². The number of fused-ring (bicyclic) bond motifs is 8. The van der Waals surface area contributed by atoms with E-state index in [-0.39, 0.29) is 10.8 Å². The first-order chi connectivity index (χ1) is 18.4. The van der Waals surface area contributed by atoms with Crippen LogP contribution in [0.25, 0.3) is 0 Å². The molecular weight excluding hydrogens is 468 g/mol. The summed E-state index contributed by atoms with van der Waals surface area (Å²) in [6, 6.07) is 18.3. The highest BCUT2D eigenvalue weighted by Gasteiger charge is 2.35.